The summed E-state index contributed by atoms with van der Waals surface area (Å²) in [5.41, 5.74) is 1.64. The second kappa shape index (κ2) is 15.3. The Morgan fingerprint density at radius 1 is 0.812 bits per heavy atom. The molecule has 0 saturated heterocycles. The van der Waals surface area contributed by atoms with E-state index in [0.29, 0.717) is 39.8 Å². The molecule has 246 valence electrons. The van der Waals surface area contributed by atoms with Gasteiger partial charge in [0.2, 0.25) is 5.91 Å². The van der Waals surface area contributed by atoms with E-state index in [1.54, 1.807) is 79.0 Å². The van der Waals surface area contributed by atoms with Crippen LogP contribution in [0.5, 0.6) is 0 Å². The zero-order chi connectivity index (χ0) is 34.1. The summed E-state index contributed by atoms with van der Waals surface area (Å²) < 4.78 is 39.1. The van der Waals surface area contributed by atoms with Crippen LogP contribution in [0, 0.1) is 0 Å². The highest BCUT2D eigenvalue weighted by Crippen LogP contribution is 2.32. The van der Waals surface area contributed by atoms with E-state index in [2.05, 4.69) is 32.8 Å². The number of fused-ring (bicyclic) bond motifs is 1. The number of hydrogen-bond acceptors (Lipinski definition) is 5. The number of benzene rings is 3. The van der Waals surface area contributed by atoms with Crippen LogP contribution in [0.15, 0.2) is 103 Å². The topological polar surface area (TPSA) is 113 Å². The van der Waals surface area contributed by atoms with E-state index >= 15 is 0 Å². The molecule has 0 saturated carbocycles. The number of hydrogen-bond donors (Lipinski definition) is 3. The molecule has 0 aliphatic heterocycles. The molecule has 0 unspecified atom stereocenters. The minimum absolute atomic E-state index is 0.248. The minimum Gasteiger partial charge on any atom is -0.354 e. The summed E-state index contributed by atoms with van der Waals surface area (Å²) in [5.74, 6) is -1.05. The number of amides is 3. The molecular weight excluding hydrogens is 619 g/mol. The van der Waals surface area contributed by atoms with Crippen LogP contribution < -0.4 is 16.0 Å². The van der Waals surface area contributed by atoms with Gasteiger partial charge in [-0.15, -0.1) is 0 Å². The van der Waals surface area contributed by atoms with E-state index in [0.717, 1.165) is 37.8 Å². The SMILES string of the molecule is CCCCCCNC(=O)[C@@H](NC(=O)c1ccc2nc(NC(=O)c3ccccc3-c3ccc(C(F)(F)F)cc3)ccc2c1)c1ccccn1. The number of alkyl halides is 3. The lowest BCUT2D eigenvalue weighted by atomic mass is 9.98. The number of rotatable bonds is 12. The predicted octanol–water partition coefficient (Wildman–Crippen LogP) is 7.74. The van der Waals surface area contributed by atoms with Crippen molar-refractivity contribution in [1.82, 2.24) is 20.6 Å². The van der Waals surface area contributed by atoms with Gasteiger partial charge in [-0.3, -0.25) is 19.4 Å². The average molecular weight is 654 g/mol. The summed E-state index contributed by atoms with van der Waals surface area (Å²) in [6.07, 6.45) is 1.11. The number of aromatic nitrogens is 2. The predicted molar refractivity (Wildman–Crippen MR) is 178 cm³/mol. The molecule has 1 atom stereocenters. The van der Waals surface area contributed by atoms with E-state index in [-0.39, 0.29) is 17.3 Å². The van der Waals surface area contributed by atoms with Crippen molar-refractivity contribution in [3.63, 3.8) is 0 Å². The molecule has 11 heteroatoms. The number of carbonyl (C=O) groups is 3. The maximum atomic E-state index is 13.3. The lowest BCUT2D eigenvalue weighted by Gasteiger charge is -2.18. The smallest absolute Gasteiger partial charge is 0.354 e. The Bertz CT molecular complexity index is 1900. The van der Waals surface area contributed by atoms with Gasteiger partial charge in [0.25, 0.3) is 11.8 Å². The number of nitrogens with one attached hydrogen (secondary N) is 3. The highest BCUT2D eigenvalue weighted by Gasteiger charge is 2.30. The molecule has 48 heavy (non-hydrogen) atoms. The molecule has 0 aliphatic carbocycles. The van der Waals surface area contributed by atoms with Gasteiger partial charge in [0.05, 0.1) is 16.8 Å². The summed E-state index contributed by atoms with van der Waals surface area (Å²) in [6, 6.07) is 23.6. The van der Waals surface area contributed by atoms with Crippen molar-refractivity contribution in [2.24, 2.45) is 0 Å². The zero-order valence-corrected chi connectivity index (χ0v) is 26.2. The largest absolute Gasteiger partial charge is 0.416 e. The zero-order valence-electron chi connectivity index (χ0n) is 26.2. The second-order valence-electron chi connectivity index (χ2n) is 11.2. The monoisotopic (exact) mass is 653 g/mol. The van der Waals surface area contributed by atoms with Gasteiger partial charge in [0.1, 0.15) is 5.82 Å². The van der Waals surface area contributed by atoms with Crippen molar-refractivity contribution in [3.05, 3.63) is 126 Å². The molecule has 3 N–H and O–H groups in total. The summed E-state index contributed by atoms with van der Waals surface area (Å²) >= 11 is 0. The second-order valence-corrected chi connectivity index (χ2v) is 11.2. The molecule has 2 heterocycles. The number of pyridine rings is 2. The Hall–Kier alpha value is -5.58. The van der Waals surface area contributed by atoms with Gasteiger partial charge in [-0.2, -0.15) is 13.2 Å². The molecule has 0 radical (unpaired) electrons. The van der Waals surface area contributed by atoms with Gasteiger partial charge < -0.3 is 16.0 Å². The third-order valence-corrected chi connectivity index (χ3v) is 7.74. The van der Waals surface area contributed by atoms with Crippen molar-refractivity contribution in [1.29, 1.82) is 0 Å². The Morgan fingerprint density at radius 3 is 2.31 bits per heavy atom. The lowest BCUT2D eigenvalue weighted by molar-refractivity contribution is -0.137. The average Bonchev–Trinajstić information content (AvgIpc) is 3.10. The van der Waals surface area contributed by atoms with E-state index in [4.69, 9.17) is 0 Å². The number of halogens is 3. The molecule has 2 aromatic heterocycles. The summed E-state index contributed by atoms with van der Waals surface area (Å²) in [4.78, 5) is 48.5. The molecule has 8 nitrogen and oxygen atoms in total. The normalized spacial score (nSPS) is 11.9. The Balaban J connectivity index is 1.29. The van der Waals surface area contributed by atoms with Gasteiger partial charge in [-0.25, -0.2) is 4.98 Å². The standard InChI is InChI=1S/C37H34F3N5O3/c1-2-3-4-8-22-42-36(48)33(31-12-7-9-21-41-31)45-34(46)26-15-19-30-25(23-26)16-20-32(43-30)44-35(47)29-11-6-5-10-28(29)24-13-17-27(18-14-24)37(38,39)40/h5-7,9-21,23,33H,2-4,8,22H2,1H3,(H,42,48)(H,45,46)(H,43,44,47)/t33-/m0/s1. The third kappa shape index (κ3) is 8.41. The fourth-order valence-corrected chi connectivity index (χ4v) is 5.19. The van der Waals surface area contributed by atoms with Crippen molar-refractivity contribution in [2.45, 2.75) is 44.8 Å². The molecule has 0 bridgehead atoms. The lowest BCUT2D eigenvalue weighted by Crippen LogP contribution is -2.41. The van der Waals surface area contributed by atoms with Crippen LogP contribution in [-0.4, -0.2) is 34.2 Å². The molecule has 0 aliphatic rings. The Labute approximate surface area is 275 Å². The van der Waals surface area contributed by atoms with Crippen molar-refractivity contribution >= 4 is 34.4 Å². The summed E-state index contributed by atoms with van der Waals surface area (Å²) in [6.45, 7) is 2.61. The molecule has 5 aromatic rings. The Morgan fingerprint density at radius 2 is 1.58 bits per heavy atom. The highest BCUT2D eigenvalue weighted by atomic mass is 19.4. The summed E-state index contributed by atoms with van der Waals surface area (Å²) in [7, 11) is 0. The number of carbonyl (C=O) groups excluding carboxylic acids is 3. The first-order chi connectivity index (χ1) is 23.1. The molecular formula is C37H34F3N5O3. The van der Waals surface area contributed by atoms with Crippen LogP contribution in [0.4, 0.5) is 19.0 Å². The number of anilines is 1. The van der Waals surface area contributed by atoms with E-state index < -0.39 is 29.6 Å². The van der Waals surface area contributed by atoms with Crippen LogP contribution in [0.1, 0.15) is 70.6 Å². The van der Waals surface area contributed by atoms with Crippen LogP contribution >= 0.6 is 0 Å². The van der Waals surface area contributed by atoms with Crippen LogP contribution in [0.25, 0.3) is 22.0 Å². The molecule has 0 spiro atoms. The first-order valence-electron chi connectivity index (χ1n) is 15.6. The van der Waals surface area contributed by atoms with Crippen molar-refractivity contribution in [2.75, 3.05) is 11.9 Å². The maximum Gasteiger partial charge on any atom is 0.416 e. The quantitative estimate of drug-likeness (QED) is 0.119. The van der Waals surface area contributed by atoms with Gasteiger partial charge in [0.15, 0.2) is 6.04 Å². The fourth-order valence-electron chi connectivity index (χ4n) is 5.19. The van der Waals surface area contributed by atoms with Gasteiger partial charge in [-0.05, 0) is 78.2 Å². The minimum atomic E-state index is -4.46. The van der Waals surface area contributed by atoms with Gasteiger partial charge in [-0.1, -0.05) is 62.6 Å². The number of unbranched alkanes of at least 4 members (excludes halogenated alkanes) is 3. The van der Waals surface area contributed by atoms with Gasteiger partial charge >= 0.3 is 6.18 Å². The first kappa shape index (κ1) is 33.8. The molecule has 5 rings (SSSR count). The van der Waals surface area contributed by atoms with Crippen molar-refractivity contribution < 1.29 is 27.6 Å². The van der Waals surface area contributed by atoms with E-state index in [1.165, 1.54) is 12.1 Å². The maximum absolute atomic E-state index is 13.3. The molecule has 3 amide bonds. The van der Waals surface area contributed by atoms with E-state index in [1.807, 2.05) is 0 Å². The van der Waals surface area contributed by atoms with Gasteiger partial charge in [0, 0.05) is 29.3 Å². The number of nitrogens with zero attached hydrogens (tertiary/aromatic N) is 2. The van der Waals surface area contributed by atoms with Crippen LogP contribution in [-0.2, 0) is 11.0 Å². The Kier molecular flexibility index (Phi) is 10.8. The van der Waals surface area contributed by atoms with E-state index in [9.17, 15) is 27.6 Å². The highest BCUT2D eigenvalue weighted by molar-refractivity contribution is 6.08. The fraction of sp³-hybridized carbons (Fsp3) is 0.216. The molecule has 3 aromatic carbocycles. The van der Waals surface area contributed by atoms with Crippen LogP contribution in [0.2, 0.25) is 0 Å². The molecule has 0 fully saturated rings. The van der Waals surface area contributed by atoms with Crippen LogP contribution in [0.3, 0.4) is 0 Å². The van der Waals surface area contributed by atoms with Crippen molar-refractivity contribution in [3.8, 4) is 11.1 Å². The summed E-state index contributed by atoms with van der Waals surface area (Å²) in [5, 5.41) is 9.09. The first-order valence-corrected chi connectivity index (χ1v) is 15.6. The third-order valence-electron chi connectivity index (χ3n) is 7.74.